The zero-order chi connectivity index (χ0) is 19.8. The molecular weight excluding hydrogens is 380 g/mol. The molecule has 0 saturated heterocycles. The lowest BCUT2D eigenvalue weighted by Gasteiger charge is -2.23. The molecule has 0 aliphatic rings. The van der Waals surface area contributed by atoms with Crippen molar-refractivity contribution in [2.45, 2.75) is 26.3 Å². The predicted octanol–water partition coefficient (Wildman–Crippen LogP) is 5.26. The number of nitrogens with zero attached hydrogens (tertiary/aromatic N) is 3. The van der Waals surface area contributed by atoms with E-state index in [0.717, 1.165) is 33.9 Å². The Morgan fingerprint density at radius 2 is 2.11 bits per heavy atom. The van der Waals surface area contributed by atoms with Gasteiger partial charge in [-0.25, -0.2) is 9.78 Å². The highest BCUT2D eigenvalue weighted by Gasteiger charge is 2.22. The lowest BCUT2D eigenvalue weighted by atomic mass is 9.95. The van der Waals surface area contributed by atoms with Crippen LogP contribution in [0.2, 0.25) is 5.02 Å². The van der Waals surface area contributed by atoms with Crippen molar-refractivity contribution in [3.8, 4) is 5.75 Å². The largest absolute Gasteiger partial charge is 0.511 e. The summed E-state index contributed by atoms with van der Waals surface area (Å²) >= 11 is 6.37. The first-order chi connectivity index (χ1) is 13.4. The first kappa shape index (κ1) is 18.3. The Morgan fingerprint density at radius 1 is 1.29 bits per heavy atom. The van der Waals surface area contributed by atoms with E-state index in [1.807, 2.05) is 24.4 Å². The fourth-order valence-electron chi connectivity index (χ4n) is 3.58. The van der Waals surface area contributed by atoms with E-state index in [9.17, 15) is 4.79 Å². The first-order valence-corrected chi connectivity index (χ1v) is 9.30. The van der Waals surface area contributed by atoms with Crippen molar-refractivity contribution in [1.82, 2.24) is 19.7 Å². The number of aromatic nitrogens is 4. The van der Waals surface area contributed by atoms with Crippen LogP contribution in [0.3, 0.4) is 0 Å². The molecule has 0 aliphatic heterocycles. The van der Waals surface area contributed by atoms with Crippen LogP contribution in [0.4, 0.5) is 4.79 Å². The Bertz CT molecular complexity index is 1160. The standard InChI is InChI=1S/C20H19ClN4O3/c1-11(2)5-17(16-8-14(21)6-13-9-23-24-18(13)16)25-4-3-12-7-15(28-20(26)27)10-22-19(12)25/h3-4,6-11,17H,5H2,1-2H3,(H,23,24)(H,26,27). The summed E-state index contributed by atoms with van der Waals surface area (Å²) in [7, 11) is 0. The molecule has 28 heavy (non-hydrogen) atoms. The molecule has 0 amide bonds. The fraction of sp³-hybridized carbons (Fsp3) is 0.250. The van der Waals surface area contributed by atoms with Gasteiger partial charge < -0.3 is 14.4 Å². The molecule has 0 radical (unpaired) electrons. The highest BCUT2D eigenvalue weighted by atomic mass is 35.5. The Hall–Kier alpha value is -3.06. The molecule has 3 heterocycles. The highest BCUT2D eigenvalue weighted by molar-refractivity contribution is 6.31. The minimum absolute atomic E-state index is 0.0158. The van der Waals surface area contributed by atoms with Crippen molar-refractivity contribution in [2.75, 3.05) is 0 Å². The number of hydrogen-bond acceptors (Lipinski definition) is 4. The summed E-state index contributed by atoms with van der Waals surface area (Å²) in [5.41, 5.74) is 2.73. The van der Waals surface area contributed by atoms with Gasteiger partial charge in [0, 0.05) is 27.6 Å². The summed E-state index contributed by atoms with van der Waals surface area (Å²) in [6.45, 7) is 4.33. The van der Waals surface area contributed by atoms with Gasteiger partial charge in [-0.15, -0.1) is 0 Å². The monoisotopic (exact) mass is 398 g/mol. The summed E-state index contributed by atoms with van der Waals surface area (Å²) in [6.07, 6.45) is 4.65. The van der Waals surface area contributed by atoms with Gasteiger partial charge in [0.25, 0.3) is 0 Å². The minimum atomic E-state index is -1.36. The lowest BCUT2D eigenvalue weighted by molar-refractivity contribution is 0.144. The second kappa shape index (κ2) is 7.16. The minimum Gasteiger partial charge on any atom is -0.449 e. The molecule has 0 saturated carbocycles. The molecule has 144 valence electrons. The van der Waals surface area contributed by atoms with Gasteiger partial charge in [0.15, 0.2) is 5.75 Å². The second-order valence-electron chi connectivity index (χ2n) is 7.15. The maximum Gasteiger partial charge on any atom is 0.511 e. The Morgan fingerprint density at radius 3 is 2.86 bits per heavy atom. The maximum atomic E-state index is 10.8. The van der Waals surface area contributed by atoms with Crippen LogP contribution in [-0.2, 0) is 0 Å². The van der Waals surface area contributed by atoms with Crippen LogP contribution in [0.5, 0.6) is 5.75 Å². The van der Waals surface area contributed by atoms with Crippen molar-refractivity contribution in [3.05, 3.63) is 53.4 Å². The van der Waals surface area contributed by atoms with Crippen LogP contribution in [0, 0.1) is 5.92 Å². The maximum absolute atomic E-state index is 10.8. The van der Waals surface area contributed by atoms with Gasteiger partial charge in [0.05, 0.1) is 24.0 Å². The van der Waals surface area contributed by atoms with E-state index >= 15 is 0 Å². The molecule has 0 bridgehead atoms. The smallest absolute Gasteiger partial charge is 0.449 e. The molecule has 4 rings (SSSR count). The first-order valence-electron chi connectivity index (χ1n) is 8.92. The van der Waals surface area contributed by atoms with E-state index in [2.05, 4.69) is 33.6 Å². The van der Waals surface area contributed by atoms with Crippen molar-refractivity contribution >= 4 is 39.7 Å². The molecule has 1 unspecified atom stereocenters. The zero-order valence-corrected chi connectivity index (χ0v) is 16.1. The number of carbonyl (C=O) groups is 1. The molecule has 0 spiro atoms. The van der Waals surface area contributed by atoms with Crippen LogP contribution >= 0.6 is 11.6 Å². The number of fused-ring (bicyclic) bond motifs is 2. The molecule has 1 atom stereocenters. The fourth-order valence-corrected chi connectivity index (χ4v) is 3.81. The molecule has 7 nitrogen and oxygen atoms in total. The van der Waals surface area contributed by atoms with E-state index in [1.165, 1.54) is 6.20 Å². The van der Waals surface area contributed by atoms with Gasteiger partial charge in [-0.3, -0.25) is 5.10 Å². The van der Waals surface area contributed by atoms with Gasteiger partial charge in [-0.05, 0) is 36.6 Å². The molecule has 1 aromatic carbocycles. The Labute approximate surface area is 165 Å². The molecule has 2 N–H and O–H groups in total. The van der Waals surface area contributed by atoms with Gasteiger partial charge in [-0.2, -0.15) is 5.10 Å². The molecule has 0 aliphatic carbocycles. The summed E-state index contributed by atoms with van der Waals surface area (Å²) < 4.78 is 6.81. The van der Waals surface area contributed by atoms with Crippen molar-refractivity contribution in [3.63, 3.8) is 0 Å². The number of carboxylic acid groups (broad SMARTS) is 1. The highest BCUT2D eigenvalue weighted by Crippen LogP contribution is 2.35. The number of nitrogens with one attached hydrogen (secondary N) is 1. The SMILES string of the molecule is CC(C)CC(c1cc(Cl)cc2cn[nH]c12)n1ccc2cc(OC(=O)O)cnc21. The average molecular weight is 399 g/mol. The number of benzene rings is 1. The third-order valence-electron chi connectivity index (χ3n) is 4.67. The van der Waals surface area contributed by atoms with E-state index in [4.69, 9.17) is 21.4 Å². The Kier molecular flexibility index (Phi) is 4.68. The molecule has 4 aromatic rings. The topological polar surface area (TPSA) is 93.0 Å². The summed E-state index contributed by atoms with van der Waals surface area (Å²) in [6, 6.07) is 7.40. The van der Waals surface area contributed by atoms with Crippen molar-refractivity contribution < 1.29 is 14.6 Å². The third-order valence-corrected chi connectivity index (χ3v) is 4.89. The summed E-state index contributed by atoms with van der Waals surface area (Å²) in [5, 5.41) is 18.5. The zero-order valence-electron chi connectivity index (χ0n) is 15.4. The van der Waals surface area contributed by atoms with Crippen LogP contribution in [0.25, 0.3) is 21.9 Å². The van der Waals surface area contributed by atoms with Gasteiger partial charge in [-0.1, -0.05) is 25.4 Å². The molecule has 3 aromatic heterocycles. The second-order valence-corrected chi connectivity index (χ2v) is 7.59. The molecule has 8 heteroatoms. The third kappa shape index (κ3) is 3.41. The number of H-pyrrole nitrogens is 1. The lowest BCUT2D eigenvalue weighted by Crippen LogP contribution is -2.14. The molecule has 0 fully saturated rings. The number of ether oxygens (including phenoxy) is 1. The van der Waals surface area contributed by atoms with Crippen LogP contribution in [0.1, 0.15) is 31.9 Å². The summed E-state index contributed by atoms with van der Waals surface area (Å²) in [5.74, 6) is 0.617. The number of pyridine rings is 1. The van der Waals surface area contributed by atoms with Crippen molar-refractivity contribution in [2.24, 2.45) is 5.92 Å². The number of aromatic amines is 1. The van der Waals surface area contributed by atoms with Crippen molar-refractivity contribution in [1.29, 1.82) is 0 Å². The van der Waals surface area contributed by atoms with E-state index in [1.54, 1.807) is 12.3 Å². The average Bonchev–Trinajstić information content (AvgIpc) is 3.24. The Balaban J connectivity index is 1.86. The quantitative estimate of drug-likeness (QED) is 0.447. The van der Waals surface area contributed by atoms with Gasteiger partial charge >= 0.3 is 6.16 Å². The number of hydrogen-bond donors (Lipinski definition) is 2. The molecular formula is C20H19ClN4O3. The van der Waals surface area contributed by atoms with Crippen LogP contribution < -0.4 is 4.74 Å². The number of halogens is 1. The van der Waals surface area contributed by atoms with E-state index in [-0.39, 0.29) is 11.8 Å². The van der Waals surface area contributed by atoms with Crippen LogP contribution in [0.15, 0.2) is 42.9 Å². The van der Waals surface area contributed by atoms with Crippen LogP contribution in [-0.4, -0.2) is 31.0 Å². The number of rotatable bonds is 5. The normalized spacial score (nSPS) is 12.7. The van der Waals surface area contributed by atoms with E-state index in [0.29, 0.717) is 10.9 Å². The van der Waals surface area contributed by atoms with E-state index < -0.39 is 6.16 Å². The van der Waals surface area contributed by atoms with Gasteiger partial charge in [0.1, 0.15) is 5.65 Å². The predicted molar refractivity (Wildman–Crippen MR) is 107 cm³/mol. The van der Waals surface area contributed by atoms with Gasteiger partial charge in [0.2, 0.25) is 0 Å². The summed E-state index contributed by atoms with van der Waals surface area (Å²) in [4.78, 5) is 15.2.